The predicted octanol–water partition coefficient (Wildman–Crippen LogP) is 3.61. The number of aromatic amines is 1. The fourth-order valence-electron chi connectivity index (χ4n) is 2.26. The fraction of sp³-hybridized carbons (Fsp3) is 0. The number of nitro groups is 1. The number of nitrogens with one attached hydrogen (secondary N) is 2. The number of aromatic nitrogens is 2. The second-order valence-electron chi connectivity index (χ2n) is 5.19. The molecule has 3 rings (SSSR count). The Hall–Kier alpha value is -3.70. The van der Waals surface area contributed by atoms with Gasteiger partial charge in [-0.15, -0.1) is 0 Å². The minimum absolute atomic E-state index is 0.100. The third-order valence-electron chi connectivity index (χ3n) is 3.49. The highest BCUT2D eigenvalue weighted by Gasteiger charge is 2.15. The third-order valence-corrected chi connectivity index (χ3v) is 3.74. The van der Waals surface area contributed by atoms with Crippen LogP contribution in [0, 0.1) is 21.4 Å². The molecule has 0 fully saturated rings. The molecule has 0 aliphatic heterocycles. The molecule has 3 aromatic rings. The lowest BCUT2D eigenvalue weighted by Gasteiger charge is -2.09. The zero-order chi connectivity index (χ0) is 18.7. The molecule has 26 heavy (non-hydrogen) atoms. The van der Waals surface area contributed by atoms with E-state index in [1.165, 1.54) is 24.3 Å². The standard InChI is InChI=1S/C17H10ClN5O3/c18-11-3-5-12(6-4-11)20-17-21-15(14(9-19)16(24)22-17)10-1-7-13(8-2-10)23(25)26/h1-8H,(H2,20,21,22,24). The van der Waals surface area contributed by atoms with Crippen LogP contribution in [-0.4, -0.2) is 14.9 Å². The van der Waals surface area contributed by atoms with Crippen molar-refractivity contribution in [2.45, 2.75) is 0 Å². The smallest absolute Gasteiger partial charge is 0.270 e. The highest BCUT2D eigenvalue weighted by molar-refractivity contribution is 6.30. The summed E-state index contributed by atoms with van der Waals surface area (Å²) in [5.41, 5.74) is 0.279. The van der Waals surface area contributed by atoms with Crippen molar-refractivity contribution in [3.05, 3.63) is 79.6 Å². The maximum absolute atomic E-state index is 12.2. The van der Waals surface area contributed by atoms with Crippen molar-refractivity contribution in [1.29, 1.82) is 5.26 Å². The topological polar surface area (TPSA) is 125 Å². The molecule has 9 heteroatoms. The number of non-ortho nitro benzene ring substituents is 1. The number of hydrogen-bond donors (Lipinski definition) is 2. The molecule has 0 aliphatic carbocycles. The molecule has 0 radical (unpaired) electrons. The second kappa shape index (κ2) is 7.04. The van der Waals surface area contributed by atoms with Gasteiger partial charge in [-0.05, 0) is 36.4 Å². The SMILES string of the molecule is N#Cc1c(-c2ccc([N+](=O)[O-])cc2)nc(Nc2ccc(Cl)cc2)[nH]c1=O. The number of halogens is 1. The number of nitrogens with zero attached hydrogens (tertiary/aromatic N) is 3. The van der Waals surface area contributed by atoms with Gasteiger partial charge in [0.25, 0.3) is 11.2 Å². The van der Waals surface area contributed by atoms with Crippen LogP contribution in [0.25, 0.3) is 11.3 Å². The van der Waals surface area contributed by atoms with Crippen LogP contribution >= 0.6 is 11.6 Å². The summed E-state index contributed by atoms with van der Waals surface area (Å²) in [5.74, 6) is 0.129. The molecular formula is C17H10ClN5O3. The minimum Gasteiger partial charge on any atom is -0.326 e. The largest absolute Gasteiger partial charge is 0.326 e. The molecule has 1 aromatic heterocycles. The first-order valence-electron chi connectivity index (χ1n) is 7.30. The molecule has 0 spiro atoms. The number of nitro benzene ring substituents is 1. The Bertz CT molecular complexity index is 1070. The van der Waals surface area contributed by atoms with E-state index in [0.717, 1.165) is 0 Å². The van der Waals surface area contributed by atoms with Gasteiger partial charge in [-0.3, -0.25) is 19.9 Å². The van der Waals surface area contributed by atoms with E-state index < -0.39 is 10.5 Å². The van der Waals surface area contributed by atoms with E-state index >= 15 is 0 Å². The van der Waals surface area contributed by atoms with Gasteiger partial charge in [-0.25, -0.2) is 4.98 Å². The first kappa shape index (κ1) is 17.1. The van der Waals surface area contributed by atoms with Gasteiger partial charge in [0.15, 0.2) is 0 Å². The van der Waals surface area contributed by atoms with Gasteiger partial charge in [-0.2, -0.15) is 5.26 Å². The van der Waals surface area contributed by atoms with Crippen LogP contribution in [-0.2, 0) is 0 Å². The minimum atomic E-state index is -0.618. The highest BCUT2D eigenvalue weighted by Crippen LogP contribution is 2.24. The lowest BCUT2D eigenvalue weighted by atomic mass is 10.1. The van der Waals surface area contributed by atoms with Crippen LogP contribution in [0.1, 0.15) is 5.56 Å². The van der Waals surface area contributed by atoms with Crippen molar-refractivity contribution in [3.8, 4) is 17.3 Å². The summed E-state index contributed by atoms with van der Waals surface area (Å²) in [6.45, 7) is 0. The van der Waals surface area contributed by atoms with Gasteiger partial charge in [0.2, 0.25) is 5.95 Å². The Kier molecular flexibility index (Phi) is 4.64. The maximum Gasteiger partial charge on any atom is 0.270 e. The van der Waals surface area contributed by atoms with Gasteiger partial charge in [0.1, 0.15) is 11.6 Å². The number of H-pyrrole nitrogens is 1. The van der Waals surface area contributed by atoms with E-state index in [2.05, 4.69) is 15.3 Å². The summed E-state index contributed by atoms with van der Waals surface area (Å²) in [6.07, 6.45) is 0. The Morgan fingerprint density at radius 2 is 1.81 bits per heavy atom. The molecule has 1 heterocycles. The summed E-state index contributed by atoms with van der Waals surface area (Å²) in [5, 5.41) is 23.5. The van der Waals surface area contributed by atoms with Crippen molar-refractivity contribution in [1.82, 2.24) is 9.97 Å². The molecule has 128 valence electrons. The third kappa shape index (κ3) is 3.53. The summed E-state index contributed by atoms with van der Waals surface area (Å²) in [7, 11) is 0. The van der Waals surface area contributed by atoms with Gasteiger partial charge >= 0.3 is 0 Å². The van der Waals surface area contributed by atoms with Gasteiger partial charge in [0.05, 0.1) is 10.6 Å². The molecule has 0 atom stereocenters. The monoisotopic (exact) mass is 367 g/mol. The molecule has 0 saturated heterocycles. The predicted molar refractivity (Wildman–Crippen MR) is 96.4 cm³/mol. The summed E-state index contributed by atoms with van der Waals surface area (Å²) in [4.78, 5) is 29.2. The molecule has 8 nitrogen and oxygen atoms in total. The molecular weight excluding hydrogens is 358 g/mol. The fourth-order valence-corrected chi connectivity index (χ4v) is 2.38. The van der Waals surface area contributed by atoms with Crippen LogP contribution in [0.4, 0.5) is 17.3 Å². The lowest BCUT2D eigenvalue weighted by molar-refractivity contribution is -0.384. The first-order valence-corrected chi connectivity index (χ1v) is 7.67. The molecule has 0 saturated carbocycles. The van der Waals surface area contributed by atoms with E-state index in [4.69, 9.17) is 11.6 Å². The average Bonchev–Trinajstić information content (AvgIpc) is 2.63. The highest BCUT2D eigenvalue weighted by atomic mass is 35.5. The van der Waals surface area contributed by atoms with E-state index in [1.807, 2.05) is 6.07 Å². The average molecular weight is 368 g/mol. The summed E-state index contributed by atoms with van der Waals surface area (Å²) < 4.78 is 0. The van der Waals surface area contributed by atoms with Crippen LogP contribution in [0.15, 0.2) is 53.3 Å². The molecule has 0 amide bonds. The van der Waals surface area contributed by atoms with Gasteiger partial charge in [0, 0.05) is 28.4 Å². The Morgan fingerprint density at radius 3 is 2.38 bits per heavy atom. The zero-order valence-electron chi connectivity index (χ0n) is 13.1. The van der Waals surface area contributed by atoms with E-state index in [1.54, 1.807) is 24.3 Å². The number of benzene rings is 2. The molecule has 0 bridgehead atoms. The van der Waals surface area contributed by atoms with Crippen molar-refractivity contribution in [3.63, 3.8) is 0 Å². The molecule has 2 aromatic carbocycles. The van der Waals surface area contributed by atoms with Crippen molar-refractivity contribution in [2.75, 3.05) is 5.32 Å². The van der Waals surface area contributed by atoms with Gasteiger partial charge in [-0.1, -0.05) is 11.6 Å². The quantitative estimate of drug-likeness (QED) is 0.536. The summed E-state index contributed by atoms with van der Waals surface area (Å²) >= 11 is 5.83. The lowest BCUT2D eigenvalue weighted by Crippen LogP contribution is -2.16. The Balaban J connectivity index is 2.04. The van der Waals surface area contributed by atoms with E-state index in [0.29, 0.717) is 16.3 Å². The van der Waals surface area contributed by atoms with Gasteiger partial charge < -0.3 is 5.32 Å². The number of rotatable bonds is 4. The van der Waals surface area contributed by atoms with Crippen LogP contribution in [0.3, 0.4) is 0 Å². The van der Waals surface area contributed by atoms with Crippen molar-refractivity contribution < 1.29 is 4.92 Å². The van der Waals surface area contributed by atoms with Crippen molar-refractivity contribution >= 4 is 28.9 Å². The van der Waals surface area contributed by atoms with Crippen LogP contribution in [0.2, 0.25) is 5.02 Å². The number of nitriles is 1. The summed E-state index contributed by atoms with van der Waals surface area (Å²) in [6, 6.07) is 14.0. The van der Waals surface area contributed by atoms with Crippen molar-refractivity contribution in [2.24, 2.45) is 0 Å². The number of anilines is 2. The second-order valence-corrected chi connectivity index (χ2v) is 5.62. The molecule has 0 aliphatic rings. The Labute approximate surface area is 151 Å². The maximum atomic E-state index is 12.2. The number of hydrogen-bond acceptors (Lipinski definition) is 6. The zero-order valence-corrected chi connectivity index (χ0v) is 13.8. The van der Waals surface area contributed by atoms with E-state index in [-0.39, 0.29) is 22.9 Å². The normalized spacial score (nSPS) is 10.2. The van der Waals surface area contributed by atoms with Crippen LogP contribution < -0.4 is 10.9 Å². The van der Waals surface area contributed by atoms with E-state index in [9.17, 15) is 20.2 Å². The Morgan fingerprint density at radius 1 is 1.15 bits per heavy atom. The molecule has 0 unspecified atom stereocenters. The molecule has 2 N–H and O–H groups in total. The first-order chi connectivity index (χ1) is 12.5. The van der Waals surface area contributed by atoms with Crippen LogP contribution in [0.5, 0.6) is 0 Å².